The second kappa shape index (κ2) is 9.82. The van der Waals surface area contributed by atoms with Gasteiger partial charge in [0.15, 0.2) is 0 Å². The summed E-state index contributed by atoms with van der Waals surface area (Å²) < 4.78 is 6.22. The van der Waals surface area contributed by atoms with Gasteiger partial charge in [-0.25, -0.2) is 0 Å². The van der Waals surface area contributed by atoms with E-state index >= 15 is 0 Å². The maximum Gasteiger partial charge on any atom is 0.124 e. The van der Waals surface area contributed by atoms with E-state index in [9.17, 15) is 0 Å². The van der Waals surface area contributed by atoms with Crippen LogP contribution >= 0.6 is 23.2 Å². The van der Waals surface area contributed by atoms with Crippen LogP contribution in [0, 0.1) is 5.92 Å². The molecule has 0 aromatic heterocycles. The van der Waals surface area contributed by atoms with Crippen LogP contribution in [0.15, 0.2) is 54.6 Å². The first-order valence-corrected chi connectivity index (χ1v) is 11.0. The van der Waals surface area contributed by atoms with Crippen molar-refractivity contribution in [2.75, 3.05) is 19.6 Å². The van der Waals surface area contributed by atoms with Gasteiger partial charge in [0.1, 0.15) is 12.4 Å². The summed E-state index contributed by atoms with van der Waals surface area (Å²) in [6.45, 7) is 4.39. The van der Waals surface area contributed by atoms with Gasteiger partial charge in [-0.1, -0.05) is 59.6 Å². The standard InChI is InChI=1S/C24H26Cl2N2O/c25-22-6-3-7-23(26)21(22)16-29-24-9-8-18-4-1-2-5-19(18)20(24)15-28-14-17-10-12-27-13-11-17/h1-9,17,27-28H,10-16H2. The molecular formula is C24H26Cl2N2O. The SMILES string of the molecule is Clc1cccc(Cl)c1COc1ccc2ccccc2c1CNCC1CCNCC1. The van der Waals surface area contributed by atoms with E-state index in [1.165, 1.54) is 29.2 Å². The smallest absolute Gasteiger partial charge is 0.124 e. The highest BCUT2D eigenvalue weighted by Crippen LogP contribution is 2.31. The van der Waals surface area contributed by atoms with Gasteiger partial charge in [-0.15, -0.1) is 0 Å². The van der Waals surface area contributed by atoms with Crippen LogP contribution in [0.5, 0.6) is 5.75 Å². The van der Waals surface area contributed by atoms with Crippen LogP contribution in [-0.2, 0) is 13.2 Å². The van der Waals surface area contributed by atoms with Crippen molar-refractivity contribution in [2.45, 2.75) is 26.0 Å². The van der Waals surface area contributed by atoms with Crippen molar-refractivity contribution in [1.29, 1.82) is 0 Å². The molecule has 0 saturated carbocycles. The highest BCUT2D eigenvalue weighted by Gasteiger charge is 2.15. The second-order valence-electron chi connectivity index (χ2n) is 7.58. The molecule has 152 valence electrons. The lowest BCUT2D eigenvalue weighted by molar-refractivity contribution is 0.301. The number of halogens is 2. The summed E-state index contributed by atoms with van der Waals surface area (Å²) in [6, 6.07) is 18.1. The van der Waals surface area contributed by atoms with E-state index in [-0.39, 0.29) is 0 Å². The number of piperidine rings is 1. The van der Waals surface area contributed by atoms with Gasteiger partial charge in [0, 0.05) is 27.7 Å². The Morgan fingerprint density at radius 2 is 1.66 bits per heavy atom. The van der Waals surface area contributed by atoms with E-state index in [1.807, 2.05) is 18.2 Å². The molecule has 0 unspecified atom stereocenters. The maximum atomic E-state index is 6.32. The first kappa shape index (κ1) is 20.5. The van der Waals surface area contributed by atoms with E-state index in [0.29, 0.717) is 16.7 Å². The molecule has 0 bridgehead atoms. The lowest BCUT2D eigenvalue weighted by Gasteiger charge is -2.23. The van der Waals surface area contributed by atoms with E-state index in [0.717, 1.165) is 43.4 Å². The molecule has 1 aliphatic heterocycles. The molecule has 0 amide bonds. The van der Waals surface area contributed by atoms with Crippen molar-refractivity contribution in [2.24, 2.45) is 5.92 Å². The first-order valence-electron chi connectivity index (χ1n) is 10.2. The van der Waals surface area contributed by atoms with Crippen LogP contribution in [0.3, 0.4) is 0 Å². The van der Waals surface area contributed by atoms with Crippen LogP contribution < -0.4 is 15.4 Å². The minimum Gasteiger partial charge on any atom is -0.488 e. The monoisotopic (exact) mass is 428 g/mol. The number of ether oxygens (including phenoxy) is 1. The Bertz CT molecular complexity index is 950. The molecule has 0 atom stereocenters. The summed E-state index contributed by atoms with van der Waals surface area (Å²) in [4.78, 5) is 0. The molecule has 1 saturated heterocycles. The average molecular weight is 429 g/mol. The molecule has 3 aromatic carbocycles. The molecule has 4 rings (SSSR count). The van der Waals surface area contributed by atoms with Crippen LogP contribution in [0.1, 0.15) is 24.0 Å². The van der Waals surface area contributed by atoms with Gasteiger partial charge < -0.3 is 15.4 Å². The van der Waals surface area contributed by atoms with Gasteiger partial charge >= 0.3 is 0 Å². The normalized spacial score (nSPS) is 15.0. The largest absolute Gasteiger partial charge is 0.488 e. The molecule has 3 nitrogen and oxygen atoms in total. The number of hydrogen-bond acceptors (Lipinski definition) is 3. The number of hydrogen-bond donors (Lipinski definition) is 2. The minimum atomic E-state index is 0.345. The molecule has 1 aliphatic rings. The Labute approximate surface area is 182 Å². The Balaban J connectivity index is 1.53. The van der Waals surface area contributed by atoms with E-state index < -0.39 is 0 Å². The number of nitrogens with one attached hydrogen (secondary N) is 2. The lowest BCUT2D eigenvalue weighted by Crippen LogP contribution is -2.33. The summed E-state index contributed by atoms with van der Waals surface area (Å²) in [5.41, 5.74) is 2.00. The minimum absolute atomic E-state index is 0.345. The fourth-order valence-electron chi connectivity index (χ4n) is 3.94. The van der Waals surface area contributed by atoms with E-state index in [4.69, 9.17) is 27.9 Å². The number of benzene rings is 3. The third-order valence-corrected chi connectivity index (χ3v) is 6.33. The predicted molar refractivity (Wildman–Crippen MR) is 122 cm³/mol. The zero-order valence-corrected chi connectivity index (χ0v) is 17.9. The summed E-state index contributed by atoms with van der Waals surface area (Å²) >= 11 is 12.6. The molecule has 5 heteroatoms. The van der Waals surface area contributed by atoms with Crippen molar-refractivity contribution in [3.8, 4) is 5.75 Å². The molecule has 29 heavy (non-hydrogen) atoms. The first-order chi connectivity index (χ1) is 14.2. The number of rotatable bonds is 7. The predicted octanol–water partition coefficient (Wildman–Crippen LogP) is 5.81. The lowest BCUT2D eigenvalue weighted by atomic mass is 9.98. The van der Waals surface area contributed by atoms with Crippen molar-refractivity contribution in [3.63, 3.8) is 0 Å². The van der Waals surface area contributed by atoms with Gasteiger partial charge in [-0.05, 0) is 67.4 Å². The maximum absolute atomic E-state index is 6.32. The summed E-state index contributed by atoms with van der Waals surface area (Å²) in [5.74, 6) is 1.61. The van der Waals surface area contributed by atoms with Crippen molar-refractivity contribution in [3.05, 3.63) is 75.8 Å². The third kappa shape index (κ3) is 5.04. The van der Waals surface area contributed by atoms with Crippen LogP contribution in [0.2, 0.25) is 10.0 Å². The van der Waals surface area contributed by atoms with Crippen molar-refractivity contribution < 1.29 is 4.74 Å². The van der Waals surface area contributed by atoms with Gasteiger partial charge in [0.05, 0.1) is 0 Å². The fraction of sp³-hybridized carbons (Fsp3) is 0.333. The highest BCUT2D eigenvalue weighted by molar-refractivity contribution is 6.35. The number of fused-ring (bicyclic) bond motifs is 1. The van der Waals surface area contributed by atoms with Crippen LogP contribution in [-0.4, -0.2) is 19.6 Å². The van der Waals surface area contributed by atoms with Crippen LogP contribution in [0.25, 0.3) is 10.8 Å². The van der Waals surface area contributed by atoms with Crippen molar-refractivity contribution in [1.82, 2.24) is 10.6 Å². The Kier molecular flexibility index (Phi) is 6.94. The summed E-state index contributed by atoms with van der Waals surface area (Å²) in [5, 5.41) is 10.8. The Morgan fingerprint density at radius 3 is 2.45 bits per heavy atom. The summed E-state index contributed by atoms with van der Waals surface area (Å²) in [6.07, 6.45) is 2.47. The fourth-order valence-corrected chi connectivity index (χ4v) is 4.45. The molecule has 3 aromatic rings. The second-order valence-corrected chi connectivity index (χ2v) is 8.39. The molecule has 0 radical (unpaired) electrons. The molecule has 0 aliphatic carbocycles. The van der Waals surface area contributed by atoms with E-state index in [1.54, 1.807) is 0 Å². The topological polar surface area (TPSA) is 33.3 Å². The van der Waals surface area contributed by atoms with Crippen LogP contribution in [0.4, 0.5) is 0 Å². The van der Waals surface area contributed by atoms with Gasteiger partial charge in [0.25, 0.3) is 0 Å². The molecule has 1 heterocycles. The molecular weight excluding hydrogens is 403 g/mol. The molecule has 2 N–H and O–H groups in total. The average Bonchev–Trinajstić information content (AvgIpc) is 2.75. The van der Waals surface area contributed by atoms with Crippen molar-refractivity contribution >= 4 is 34.0 Å². The zero-order chi connectivity index (χ0) is 20.1. The Hall–Kier alpha value is -1.78. The molecule has 1 fully saturated rings. The molecule has 0 spiro atoms. The quantitative estimate of drug-likeness (QED) is 0.497. The zero-order valence-electron chi connectivity index (χ0n) is 16.4. The van der Waals surface area contributed by atoms with Gasteiger partial charge in [0.2, 0.25) is 0 Å². The third-order valence-electron chi connectivity index (χ3n) is 5.62. The Morgan fingerprint density at radius 1 is 0.897 bits per heavy atom. The summed E-state index contributed by atoms with van der Waals surface area (Å²) in [7, 11) is 0. The van der Waals surface area contributed by atoms with Gasteiger partial charge in [-0.3, -0.25) is 0 Å². The van der Waals surface area contributed by atoms with E-state index in [2.05, 4.69) is 47.0 Å². The highest BCUT2D eigenvalue weighted by atomic mass is 35.5. The van der Waals surface area contributed by atoms with Gasteiger partial charge in [-0.2, -0.15) is 0 Å².